The second-order valence-corrected chi connectivity index (χ2v) is 5.91. The molecule has 1 unspecified atom stereocenters. The number of nitrogens with zero attached hydrogens (tertiary/aromatic N) is 1. The predicted octanol–water partition coefficient (Wildman–Crippen LogP) is 4.08. The molecule has 2 nitrogen and oxygen atoms in total. The standard InChI is InChI=1S/C15H16ClNO/c1-9-6-11-7-10-8-12(16)4-5-13(10)17-14(11)15(2,3)18-9/h4-5,7-9H,6H2,1-3H3. The van der Waals surface area contributed by atoms with Gasteiger partial charge in [-0.3, -0.25) is 0 Å². The summed E-state index contributed by atoms with van der Waals surface area (Å²) in [5.74, 6) is 0. The lowest BCUT2D eigenvalue weighted by Crippen LogP contribution is -2.35. The molecule has 0 aliphatic carbocycles. The molecule has 0 bridgehead atoms. The van der Waals surface area contributed by atoms with Crippen molar-refractivity contribution in [3.63, 3.8) is 0 Å². The van der Waals surface area contributed by atoms with Gasteiger partial charge in [0.2, 0.25) is 0 Å². The molecule has 94 valence electrons. The topological polar surface area (TPSA) is 22.1 Å². The number of fused-ring (bicyclic) bond motifs is 2. The lowest BCUT2D eigenvalue weighted by molar-refractivity contribution is -0.0821. The molecule has 3 heteroatoms. The summed E-state index contributed by atoms with van der Waals surface area (Å²) >= 11 is 6.03. The Labute approximate surface area is 112 Å². The second-order valence-electron chi connectivity index (χ2n) is 5.48. The van der Waals surface area contributed by atoms with Gasteiger partial charge in [-0.05, 0) is 50.6 Å². The molecule has 0 fully saturated rings. The molecule has 0 saturated carbocycles. The number of benzene rings is 1. The lowest BCUT2D eigenvalue weighted by Gasteiger charge is -2.35. The molecule has 1 aliphatic rings. The highest BCUT2D eigenvalue weighted by molar-refractivity contribution is 6.31. The average Bonchev–Trinajstić information content (AvgIpc) is 2.25. The van der Waals surface area contributed by atoms with E-state index in [1.165, 1.54) is 5.56 Å². The molecule has 18 heavy (non-hydrogen) atoms. The zero-order valence-corrected chi connectivity index (χ0v) is 11.6. The van der Waals surface area contributed by atoms with Crippen LogP contribution in [0.25, 0.3) is 10.9 Å². The fourth-order valence-corrected chi connectivity index (χ4v) is 2.96. The van der Waals surface area contributed by atoms with E-state index in [4.69, 9.17) is 21.3 Å². The van der Waals surface area contributed by atoms with E-state index in [0.717, 1.165) is 28.0 Å². The van der Waals surface area contributed by atoms with Crippen LogP contribution in [-0.2, 0) is 16.8 Å². The van der Waals surface area contributed by atoms with Crippen LogP contribution in [0.15, 0.2) is 24.3 Å². The Morgan fingerprint density at radius 3 is 2.89 bits per heavy atom. The molecule has 0 amide bonds. The minimum absolute atomic E-state index is 0.228. The van der Waals surface area contributed by atoms with E-state index >= 15 is 0 Å². The summed E-state index contributed by atoms with van der Waals surface area (Å²) in [5, 5.41) is 1.86. The molecule has 3 rings (SSSR count). The van der Waals surface area contributed by atoms with Crippen molar-refractivity contribution >= 4 is 22.5 Å². The number of pyridine rings is 1. The maximum Gasteiger partial charge on any atom is 0.105 e. The number of halogens is 1. The van der Waals surface area contributed by atoms with Crippen molar-refractivity contribution in [2.75, 3.05) is 0 Å². The van der Waals surface area contributed by atoms with Crippen LogP contribution in [0.3, 0.4) is 0 Å². The minimum atomic E-state index is -0.319. The first-order valence-corrected chi connectivity index (χ1v) is 6.61. The average molecular weight is 262 g/mol. The van der Waals surface area contributed by atoms with Gasteiger partial charge in [0.1, 0.15) is 5.60 Å². The number of hydrogen-bond donors (Lipinski definition) is 0. The molecule has 2 aromatic rings. The molecular weight excluding hydrogens is 246 g/mol. The monoisotopic (exact) mass is 261 g/mol. The first-order chi connectivity index (χ1) is 8.45. The van der Waals surface area contributed by atoms with Gasteiger partial charge in [-0.2, -0.15) is 0 Å². The molecule has 1 aliphatic heterocycles. The van der Waals surface area contributed by atoms with E-state index in [1.807, 2.05) is 18.2 Å². The van der Waals surface area contributed by atoms with Gasteiger partial charge in [-0.1, -0.05) is 11.6 Å². The third-order valence-corrected chi connectivity index (χ3v) is 3.66. The molecule has 0 saturated heterocycles. The fraction of sp³-hybridized carbons (Fsp3) is 0.400. The van der Waals surface area contributed by atoms with Crippen molar-refractivity contribution in [1.82, 2.24) is 4.98 Å². The first kappa shape index (κ1) is 11.9. The van der Waals surface area contributed by atoms with Crippen molar-refractivity contribution in [3.8, 4) is 0 Å². The third kappa shape index (κ3) is 1.90. The maximum absolute atomic E-state index is 6.03. The highest BCUT2D eigenvalue weighted by Gasteiger charge is 2.33. The number of ether oxygens (including phenoxy) is 1. The van der Waals surface area contributed by atoms with Crippen LogP contribution >= 0.6 is 11.6 Å². The summed E-state index contributed by atoms with van der Waals surface area (Å²) in [6, 6.07) is 8.01. The molecule has 0 spiro atoms. The van der Waals surface area contributed by atoms with Gasteiger partial charge in [0.05, 0.1) is 17.3 Å². The van der Waals surface area contributed by atoms with Crippen molar-refractivity contribution in [2.45, 2.75) is 38.9 Å². The van der Waals surface area contributed by atoms with E-state index in [1.54, 1.807) is 0 Å². The van der Waals surface area contributed by atoms with Crippen molar-refractivity contribution in [2.24, 2.45) is 0 Å². The van der Waals surface area contributed by atoms with Crippen LogP contribution in [0.4, 0.5) is 0 Å². The number of rotatable bonds is 0. The zero-order valence-electron chi connectivity index (χ0n) is 10.8. The third-order valence-electron chi connectivity index (χ3n) is 3.43. The second kappa shape index (κ2) is 3.94. The Kier molecular flexibility index (Phi) is 2.61. The van der Waals surface area contributed by atoms with E-state index < -0.39 is 0 Å². The molecular formula is C15H16ClNO. The minimum Gasteiger partial charge on any atom is -0.366 e. The van der Waals surface area contributed by atoms with Crippen LogP contribution in [0.1, 0.15) is 32.0 Å². The lowest BCUT2D eigenvalue weighted by atomic mass is 9.91. The highest BCUT2D eigenvalue weighted by Crippen LogP contribution is 2.35. The number of aromatic nitrogens is 1. The molecule has 1 aromatic carbocycles. The maximum atomic E-state index is 6.03. The van der Waals surface area contributed by atoms with Gasteiger partial charge >= 0.3 is 0 Å². The first-order valence-electron chi connectivity index (χ1n) is 6.23. The van der Waals surface area contributed by atoms with E-state index in [0.29, 0.717) is 0 Å². The Morgan fingerprint density at radius 1 is 1.33 bits per heavy atom. The largest absolute Gasteiger partial charge is 0.366 e. The Morgan fingerprint density at radius 2 is 2.11 bits per heavy atom. The van der Waals surface area contributed by atoms with Gasteiger partial charge in [0, 0.05) is 16.8 Å². The molecule has 2 heterocycles. The SMILES string of the molecule is CC1Cc2cc3cc(Cl)ccc3nc2C(C)(C)O1. The molecule has 0 radical (unpaired) electrons. The highest BCUT2D eigenvalue weighted by atomic mass is 35.5. The summed E-state index contributed by atoms with van der Waals surface area (Å²) in [4.78, 5) is 4.76. The Balaban J connectivity index is 2.26. The summed E-state index contributed by atoms with van der Waals surface area (Å²) in [6.45, 7) is 6.26. The smallest absolute Gasteiger partial charge is 0.105 e. The van der Waals surface area contributed by atoms with Gasteiger partial charge in [0.15, 0.2) is 0 Å². The summed E-state index contributed by atoms with van der Waals surface area (Å²) in [7, 11) is 0. The Bertz CT molecular complexity index is 621. The van der Waals surface area contributed by atoms with Gasteiger partial charge < -0.3 is 4.74 Å². The zero-order chi connectivity index (χ0) is 12.9. The van der Waals surface area contributed by atoms with Crippen molar-refractivity contribution < 1.29 is 4.74 Å². The molecule has 0 N–H and O–H groups in total. The molecule has 1 aromatic heterocycles. The van der Waals surface area contributed by atoms with Gasteiger partial charge in [0.25, 0.3) is 0 Å². The predicted molar refractivity (Wildman–Crippen MR) is 74.0 cm³/mol. The quantitative estimate of drug-likeness (QED) is 0.713. The van der Waals surface area contributed by atoms with E-state index in [-0.39, 0.29) is 11.7 Å². The summed E-state index contributed by atoms with van der Waals surface area (Å²) in [6.07, 6.45) is 1.14. The van der Waals surface area contributed by atoms with Gasteiger partial charge in [-0.15, -0.1) is 0 Å². The fourth-order valence-electron chi connectivity index (χ4n) is 2.78. The van der Waals surface area contributed by atoms with Crippen molar-refractivity contribution in [3.05, 3.63) is 40.5 Å². The summed E-state index contributed by atoms with van der Waals surface area (Å²) in [5.41, 5.74) is 2.98. The normalized spacial score (nSPS) is 21.9. The van der Waals surface area contributed by atoms with E-state index in [2.05, 4.69) is 26.8 Å². The van der Waals surface area contributed by atoms with Crippen LogP contribution in [0.2, 0.25) is 5.02 Å². The van der Waals surface area contributed by atoms with Crippen LogP contribution < -0.4 is 0 Å². The Hall–Kier alpha value is -1.12. The summed E-state index contributed by atoms with van der Waals surface area (Å²) < 4.78 is 5.98. The number of hydrogen-bond acceptors (Lipinski definition) is 2. The molecule has 1 atom stereocenters. The van der Waals surface area contributed by atoms with Gasteiger partial charge in [-0.25, -0.2) is 4.98 Å². The van der Waals surface area contributed by atoms with E-state index in [9.17, 15) is 0 Å². The van der Waals surface area contributed by atoms with Crippen LogP contribution in [0, 0.1) is 0 Å². The van der Waals surface area contributed by atoms with Crippen molar-refractivity contribution in [1.29, 1.82) is 0 Å². The van der Waals surface area contributed by atoms with Crippen LogP contribution in [-0.4, -0.2) is 11.1 Å². The van der Waals surface area contributed by atoms with Crippen LogP contribution in [0.5, 0.6) is 0 Å².